The summed E-state index contributed by atoms with van der Waals surface area (Å²) in [6.45, 7) is 5.81. The van der Waals surface area contributed by atoms with Crippen LogP contribution in [0.2, 0.25) is 0 Å². The number of likely N-dealkylation sites (N-methyl/N-ethyl adjacent to an activating group) is 1. The molecule has 2 N–H and O–H groups in total. The molecule has 0 radical (unpaired) electrons. The number of carbonyl (C=O) groups is 2. The van der Waals surface area contributed by atoms with Crippen molar-refractivity contribution in [1.29, 1.82) is 0 Å². The Morgan fingerprint density at radius 2 is 2.18 bits per heavy atom. The smallest absolute Gasteiger partial charge is 0.238 e. The number of rotatable bonds is 8. The van der Waals surface area contributed by atoms with Crippen LogP contribution in [0.1, 0.15) is 6.92 Å². The predicted octanol–water partition coefficient (Wildman–Crippen LogP) is 1.26. The maximum absolute atomic E-state index is 12.0. The number of nitrogens with one attached hydrogen (secondary N) is 2. The third-order valence-electron chi connectivity index (χ3n) is 3.21. The SMILES string of the molecule is C=CCNC(=O)C(C)N(C)CC(=O)Nc1cccc(OC)c1. The lowest BCUT2D eigenvalue weighted by molar-refractivity contribution is -0.126. The fraction of sp³-hybridized carbons (Fsp3) is 0.375. The van der Waals surface area contributed by atoms with E-state index in [1.807, 2.05) is 0 Å². The Morgan fingerprint density at radius 3 is 2.82 bits per heavy atom. The number of amides is 2. The summed E-state index contributed by atoms with van der Waals surface area (Å²) in [6.07, 6.45) is 1.61. The summed E-state index contributed by atoms with van der Waals surface area (Å²) >= 11 is 0. The second-order valence-electron chi connectivity index (χ2n) is 4.91. The van der Waals surface area contributed by atoms with Gasteiger partial charge in [-0.1, -0.05) is 12.1 Å². The van der Waals surface area contributed by atoms with Crippen LogP contribution in [0.5, 0.6) is 5.75 Å². The minimum atomic E-state index is -0.406. The van der Waals surface area contributed by atoms with Gasteiger partial charge in [-0.3, -0.25) is 14.5 Å². The maximum atomic E-state index is 12.0. The molecule has 0 spiro atoms. The van der Waals surface area contributed by atoms with Crippen LogP contribution in [-0.2, 0) is 9.59 Å². The normalized spacial score (nSPS) is 11.6. The van der Waals surface area contributed by atoms with Crippen molar-refractivity contribution in [2.24, 2.45) is 0 Å². The van der Waals surface area contributed by atoms with Crippen LogP contribution in [0.15, 0.2) is 36.9 Å². The summed E-state index contributed by atoms with van der Waals surface area (Å²) in [7, 11) is 3.29. The number of methoxy groups -OCH3 is 1. The Morgan fingerprint density at radius 1 is 1.45 bits per heavy atom. The summed E-state index contributed by atoms with van der Waals surface area (Å²) in [5, 5.41) is 5.48. The molecule has 6 nitrogen and oxygen atoms in total. The predicted molar refractivity (Wildman–Crippen MR) is 86.9 cm³/mol. The van der Waals surface area contributed by atoms with E-state index in [0.717, 1.165) is 0 Å². The van der Waals surface area contributed by atoms with Gasteiger partial charge in [-0.05, 0) is 26.1 Å². The molecule has 0 heterocycles. The van der Waals surface area contributed by atoms with Crippen LogP contribution in [-0.4, -0.2) is 50.0 Å². The van der Waals surface area contributed by atoms with Crippen LogP contribution in [0.25, 0.3) is 0 Å². The van der Waals surface area contributed by atoms with Gasteiger partial charge in [0.25, 0.3) is 0 Å². The fourth-order valence-corrected chi connectivity index (χ4v) is 1.79. The molecule has 1 atom stereocenters. The van der Waals surface area contributed by atoms with Crippen LogP contribution >= 0.6 is 0 Å². The van der Waals surface area contributed by atoms with Crippen molar-refractivity contribution in [3.63, 3.8) is 0 Å². The molecule has 2 amide bonds. The third kappa shape index (κ3) is 5.57. The van der Waals surface area contributed by atoms with Crippen LogP contribution in [0, 0.1) is 0 Å². The largest absolute Gasteiger partial charge is 0.497 e. The molecule has 1 aromatic carbocycles. The zero-order chi connectivity index (χ0) is 16.5. The van der Waals surface area contributed by atoms with Crippen molar-refractivity contribution in [2.45, 2.75) is 13.0 Å². The third-order valence-corrected chi connectivity index (χ3v) is 3.21. The topological polar surface area (TPSA) is 70.7 Å². The summed E-state index contributed by atoms with van der Waals surface area (Å²) < 4.78 is 5.10. The first-order chi connectivity index (χ1) is 10.5. The molecule has 0 saturated carbocycles. The summed E-state index contributed by atoms with van der Waals surface area (Å²) in [5.41, 5.74) is 0.654. The van der Waals surface area contributed by atoms with E-state index < -0.39 is 6.04 Å². The Labute approximate surface area is 131 Å². The van der Waals surface area contributed by atoms with Gasteiger partial charge in [-0.15, -0.1) is 6.58 Å². The average Bonchev–Trinajstić information content (AvgIpc) is 2.51. The molecule has 0 aliphatic rings. The lowest BCUT2D eigenvalue weighted by Gasteiger charge is -2.23. The van der Waals surface area contributed by atoms with Gasteiger partial charge in [0.05, 0.1) is 19.7 Å². The van der Waals surface area contributed by atoms with Crippen molar-refractivity contribution >= 4 is 17.5 Å². The number of hydrogen-bond acceptors (Lipinski definition) is 4. The molecule has 0 fully saturated rings. The second kappa shape index (κ2) is 8.84. The number of nitrogens with zero attached hydrogens (tertiary/aromatic N) is 1. The molecule has 0 bridgehead atoms. The Kier molecular flexibility index (Phi) is 7.12. The van der Waals surface area contributed by atoms with E-state index in [-0.39, 0.29) is 18.4 Å². The number of carbonyl (C=O) groups excluding carboxylic acids is 2. The van der Waals surface area contributed by atoms with Crippen molar-refractivity contribution in [1.82, 2.24) is 10.2 Å². The van der Waals surface area contributed by atoms with E-state index in [1.165, 1.54) is 0 Å². The Balaban J connectivity index is 2.52. The van der Waals surface area contributed by atoms with E-state index in [2.05, 4.69) is 17.2 Å². The molecule has 1 aromatic rings. The van der Waals surface area contributed by atoms with Gasteiger partial charge >= 0.3 is 0 Å². The number of ether oxygens (including phenoxy) is 1. The van der Waals surface area contributed by atoms with Crippen molar-refractivity contribution in [3.8, 4) is 5.75 Å². The van der Waals surface area contributed by atoms with Crippen molar-refractivity contribution in [3.05, 3.63) is 36.9 Å². The van der Waals surface area contributed by atoms with E-state index in [4.69, 9.17) is 4.74 Å². The summed E-state index contributed by atoms with van der Waals surface area (Å²) in [5.74, 6) is 0.332. The van der Waals surface area contributed by atoms with Gasteiger partial charge in [-0.25, -0.2) is 0 Å². The van der Waals surface area contributed by atoms with Gasteiger partial charge < -0.3 is 15.4 Å². The minimum absolute atomic E-state index is 0.111. The lowest BCUT2D eigenvalue weighted by atomic mass is 10.2. The number of anilines is 1. The minimum Gasteiger partial charge on any atom is -0.497 e. The molecular formula is C16H23N3O3. The summed E-state index contributed by atoms with van der Waals surface area (Å²) in [6, 6.07) is 6.70. The van der Waals surface area contributed by atoms with Crippen molar-refractivity contribution < 1.29 is 14.3 Å². The number of hydrogen-bond donors (Lipinski definition) is 2. The molecule has 120 valence electrons. The van der Waals surface area contributed by atoms with Crippen molar-refractivity contribution in [2.75, 3.05) is 32.6 Å². The highest BCUT2D eigenvalue weighted by molar-refractivity contribution is 5.93. The first-order valence-electron chi connectivity index (χ1n) is 7.00. The van der Waals surface area contributed by atoms with Gasteiger partial charge in [0.2, 0.25) is 11.8 Å². The van der Waals surface area contributed by atoms with Gasteiger partial charge in [-0.2, -0.15) is 0 Å². The second-order valence-corrected chi connectivity index (χ2v) is 4.91. The first kappa shape index (κ1) is 17.7. The van der Waals surface area contributed by atoms with E-state index >= 15 is 0 Å². The van der Waals surface area contributed by atoms with E-state index in [9.17, 15) is 9.59 Å². The fourth-order valence-electron chi connectivity index (χ4n) is 1.79. The molecule has 1 unspecified atom stereocenters. The molecule has 6 heteroatoms. The monoisotopic (exact) mass is 305 g/mol. The van der Waals surface area contributed by atoms with Crippen LogP contribution in [0.3, 0.4) is 0 Å². The Bertz CT molecular complexity index is 531. The first-order valence-corrected chi connectivity index (χ1v) is 7.00. The zero-order valence-corrected chi connectivity index (χ0v) is 13.3. The Hall–Kier alpha value is -2.34. The zero-order valence-electron chi connectivity index (χ0n) is 13.3. The molecule has 1 rings (SSSR count). The molecule has 0 aliphatic carbocycles. The van der Waals surface area contributed by atoms with E-state index in [0.29, 0.717) is 18.0 Å². The molecule has 0 saturated heterocycles. The molecule has 22 heavy (non-hydrogen) atoms. The van der Waals surface area contributed by atoms with Gasteiger partial charge in [0, 0.05) is 18.3 Å². The highest BCUT2D eigenvalue weighted by atomic mass is 16.5. The van der Waals surface area contributed by atoms with Gasteiger partial charge in [0.15, 0.2) is 0 Å². The number of benzene rings is 1. The average molecular weight is 305 g/mol. The standard InChI is InChI=1S/C16H23N3O3/c1-5-9-17-16(21)12(2)19(3)11-15(20)18-13-7-6-8-14(10-13)22-4/h5-8,10,12H,1,9,11H2,2-4H3,(H,17,21)(H,18,20). The van der Waals surface area contributed by atoms with E-state index in [1.54, 1.807) is 56.3 Å². The van der Waals surface area contributed by atoms with Crippen LogP contribution < -0.4 is 15.4 Å². The molecule has 0 aliphatic heterocycles. The van der Waals surface area contributed by atoms with Crippen LogP contribution in [0.4, 0.5) is 5.69 Å². The highest BCUT2D eigenvalue weighted by Gasteiger charge is 2.19. The quantitative estimate of drug-likeness (QED) is 0.709. The highest BCUT2D eigenvalue weighted by Crippen LogP contribution is 2.16. The molecule has 0 aromatic heterocycles. The summed E-state index contributed by atoms with van der Waals surface area (Å²) in [4.78, 5) is 25.5. The maximum Gasteiger partial charge on any atom is 0.238 e. The lowest BCUT2D eigenvalue weighted by Crippen LogP contribution is -2.45. The van der Waals surface area contributed by atoms with Gasteiger partial charge in [0.1, 0.15) is 5.75 Å². The molecular weight excluding hydrogens is 282 g/mol.